The van der Waals surface area contributed by atoms with Crippen molar-refractivity contribution in [3.05, 3.63) is 59.7 Å². The maximum Gasteiger partial charge on any atom is 0.246 e. The van der Waals surface area contributed by atoms with E-state index in [1.54, 1.807) is 0 Å². The van der Waals surface area contributed by atoms with Crippen LogP contribution in [0.25, 0.3) is 10.6 Å². The summed E-state index contributed by atoms with van der Waals surface area (Å²) < 4.78 is 26.5. The molecule has 0 aliphatic heterocycles. The minimum absolute atomic E-state index is 0.244. The molecule has 194 valence electrons. The average Bonchev–Trinajstić information content (AvgIpc) is 3.30. The zero-order valence-corrected chi connectivity index (χ0v) is 22.8. The molecule has 2 aromatic carbocycles. The number of hydrogen-bond acceptors (Lipinski definition) is 6. The van der Waals surface area contributed by atoms with Crippen LogP contribution >= 0.6 is 11.3 Å². The standard InChI is InChI=1S/C28H32N4O3S2/c1-18-3-5-22(6-4-18)26-30-31-27(36-26)29-25(33)17-32(37(2,34)35)24-9-7-23(8-10-24)28-14-19-11-20(15-28)13-21(12-19)16-28/h3-10,19-21H,11-17H2,1-2H3,(H,29,31,33). The van der Waals surface area contributed by atoms with Crippen LogP contribution in [-0.4, -0.2) is 37.3 Å². The predicted molar refractivity (Wildman–Crippen MR) is 147 cm³/mol. The van der Waals surface area contributed by atoms with Crippen LogP contribution in [0.2, 0.25) is 0 Å². The van der Waals surface area contributed by atoms with E-state index in [0.717, 1.165) is 39.4 Å². The Morgan fingerprint density at radius 1 is 0.973 bits per heavy atom. The molecule has 0 spiro atoms. The molecular weight excluding hydrogens is 504 g/mol. The van der Waals surface area contributed by atoms with Crippen LogP contribution in [0.4, 0.5) is 10.8 Å². The zero-order chi connectivity index (χ0) is 25.8. The highest BCUT2D eigenvalue weighted by molar-refractivity contribution is 7.92. The summed E-state index contributed by atoms with van der Waals surface area (Å²) in [5, 5.41) is 12.0. The Morgan fingerprint density at radius 2 is 1.57 bits per heavy atom. The number of amides is 1. The number of aryl methyl sites for hydroxylation is 1. The predicted octanol–water partition coefficient (Wildman–Crippen LogP) is 5.39. The van der Waals surface area contributed by atoms with Gasteiger partial charge in [-0.2, -0.15) is 0 Å². The largest absolute Gasteiger partial charge is 0.299 e. The first-order chi connectivity index (χ1) is 17.7. The van der Waals surface area contributed by atoms with Gasteiger partial charge in [-0.15, -0.1) is 10.2 Å². The van der Waals surface area contributed by atoms with Crippen molar-refractivity contribution in [1.29, 1.82) is 0 Å². The van der Waals surface area contributed by atoms with Crippen molar-refractivity contribution in [2.75, 3.05) is 22.4 Å². The highest BCUT2D eigenvalue weighted by atomic mass is 32.2. The van der Waals surface area contributed by atoms with Crippen molar-refractivity contribution in [3.63, 3.8) is 0 Å². The molecular formula is C28H32N4O3S2. The van der Waals surface area contributed by atoms with Gasteiger partial charge in [0, 0.05) is 5.56 Å². The summed E-state index contributed by atoms with van der Waals surface area (Å²) in [7, 11) is -3.67. The average molecular weight is 537 g/mol. The molecule has 0 radical (unpaired) electrons. The van der Waals surface area contributed by atoms with Gasteiger partial charge in [0.25, 0.3) is 0 Å². The Labute approximate surface area is 222 Å². The number of sulfonamides is 1. The third-order valence-corrected chi connectivity index (χ3v) is 10.5. The molecule has 4 bridgehead atoms. The summed E-state index contributed by atoms with van der Waals surface area (Å²) >= 11 is 1.26. The van der Waals surface area contributed by atoms with Gasteiger partial charge in [0.1, 0.15) is 11.6 Å². The number of nitrogens with zero attached hydrogens (tertiary/aromatic N) is 3. The summed E-state index contributed by atoms with van der Waals surface area (Å²) in [6.07, 6.45) is 9.04. The summed E-state index contributed by atoms with van der Waals surface area (Å²) in [5.74, 6) is 2.07. The Kier molecular flexibility index (Phi) is 6.11. The second kappa shape index (κ2) is 9.20. The number of carbonyl (C=O) groups excluding carboxylic acids is 1. The van der Waals surface area contributed by atoms with Crippen molar-refractivity contribution < 1.29 is 13.2 Å². The van der Waals surface area contributed by atoms with Crippen molar-refractivity contribution in [2.45, 2.75) is 50.9 Å². The summed E-state index contributed by atoms with van der Waals surface area (Å²) in [5.41, 5.74) is 4.14. The molecule has 1 heterocycles. The molecule has 7 nitrogen and oxygen atoms in total. The fourth-order valence-electron chi connectivity index (χ4n) is 7.22. The van der Waals surface area contributed by atoms with E-state index in [9.17, 15) is 13.2 Å². The van der Waals surface area contributed by atoms with E-state index < -0.39 is 15.9 Å². The van der Waals surface area contributed by atoms with Gasteiger partial charge in [-0.05, 0) is 86.3 Å². The third kappa shape index (κ3) is 4.91. The van der Waals surface area contributed by atoms with E-state index in [1.165, 1.54) is 55.4 Å². The Bertz CT molecular complexity index is 1380. The van der Waals surface area contributed by atoms with E-state index in [2.05, 4.69) is 27.6 Å². The number of anilines is 2. The molecule has 3 aromatic rings. The van der Waals surface area contributed by atoms with Crippen LogP contribution in [0, 0.1) is 24.7 Å². The molecule has 4 aliphatic rings. The van der Waals surface area contributed by atoms with Crippen LogP contribution in [0.3, 0.4) is 0 Å². The SMILES string of the molecule is Cc1ccc(-c2nnc(NC(=O)CN(c3ccc(C45CC6CC(CC(C6)C4)C5)cc3)S(C)(=O)=O)s2)cc1. The van der Waals surface area contributed by atoms with Gasteiger partial charge in [0.05, 0.1) is 11.9 Å². The second-order valence-electron chi connectivity index (χ2n) is 11.3. The van der Waals surface area contributed by atoms with Crippen molar-refractivity contribution in [3.8, 4) is 10.6 Å². The number of rotatable bonds is 7. The first-order valence-electron chi connectivity index (χ1n) is 13.0. The Hall–Kier alpha value is -2.78. The van der Waals surface area contributed by atoms with Gasteiger partial charge in [-0.3, -0.25) is 14.4 Å². The van der Waals surface area contributed by atoms with Crippen LogP contribution < -0.4 is 9.62 Å². The lowest BCUT2D eigenvalue weighted by Gasteiger charge is -2.57. The number of carbonyl (C=O) groups is 1. The van der Waals surface area contributed by atoms with Crippen molar-refractivity contribution in [2.24, 2.45) is 17.8 Å². The van der Waals surface area contributed by atoms with E-state index >= 15 is 0 Å². The molecule has 37 heavy (non-hydrogen) atoms. The van der Waals surface area contributed by atoms with Gasteiger partial charge < -0.3 is 0 Å². The molecule has 1 aromatic heterocycles. The number of aromatic nitrogens is 2. The van der Waals surface area contributed by atoms with E-state index in [0.29, 0.717) is 15.8 Å². The first-order valence-corrected chi connectivity index (χ1v) is 15.6. The monoisotopic (exact) mass is 536 g/mol. The summed E-state index contributed by atoms with van der Waals surface area (Å²) in [6.45, 7) is 1.69. The number of hydrogen-bond donors (Lipinski definition) is 1. The summed E-state index contributed by atoms with van der Waals surface area (Å²) in [4.78, 5) is 12.9. The minimum atomic E-state index is -3.67. The minimum Gasteiger partial charge on any atom is -0.299 e. The lowest BCUT2D eigenvalue weighted by Crippen LogP contribution is -2.48. The molecule has 0 saturated heterocycles. The number of benzene rings is 2. The maximum atomic E-state index is 12.9. The molecule has 1 N–H and O–H groups in total. The maximum absolute atomic E-state index is 12.9. The van der Waals surface area contributed by atoms with E-state index in [4.69, 9.17) is 0 Å². The van der Waals surface area contributed by atoms with Gasteiger partial charge in [0.15, 0.2) is 0 Å². The molecule has 1 amide bonds. The fraction of sp³-hybridized carbons (Fsp3) is 0.464. The zero-order valence-electron chi connectivity index (χ0n) is 21.2. The lowest BCUT2D eigenvalue weighted by molar-refractivity contribution is -0.114. The quantitative estimate of drug-likeness (QED) is 0.437. The molecule has 0 unspecified atom stereocenters. The normalized spacial score (nSPS) is 26.3. The fourth-order valence-corrected chi connectivity index (χ4v) is 8.84. The van der Waals surface area contributed by atoms with Crippen LogP contribution in [0.5, 0.6) is 0 Å². The van der Waals surface area contributed by atoms with Gasteiger partial charge >= 0.3 is 0 Å². The summed E-state index contributed by atoms with van der Waals surface area (Å²) in [6, 6.07) is 15.8. The smallest absolute Gasteiger partial charge is 0.246 e. The van der Waals surface area contributed by atoms with Gasteiger partial charge in [-0.25, -0.2) is 8.42 Å². The molecule has 9 heteroatoms. The van der Waals surface area contributed by atoms with Gasteiger partial charge in [0.2, 0.25) is 21.1 Å². The highest BCUT2D eigenvalue weighted by Crippen LogP contribution is 2.60. The highest BCUT2D eigenvalue weighted by Gasteiger charge is 2.51. The van der Waals surface area contributed by atoms with Gasteiger partial charge in [-0.1, -0.05) is 53.3 Å². The molecule has 4 aliphatic carbocycles. The Morgan fingerprint density at radius 3 is 2.14 bits per heavy atom. The van der Waals surface area contributed by atoms with Crippen LogP contribution in [-0.2, 0) is 20.2 Å². The van der Waals surface area contributed by atoms with E-state index in [-0.39, 0.29) is 12.0 Å². The van der Waals surface area contributed by atoms with Crippen molar-refractivity contribution >= 4 is 38.1 Å². The number of nitrogens with one attached hydrogen (secondary N) is 1. The third-order valence-electron chi connectivity index (χ3n) is 8.46. The molecule has 7 rings (SSSR count). The van der Waals surface area contributed by atoms with Crippen LogP contribution in [0.15, 0.2) is 48.5 Å². The Balaban J connectivity index is 1.17. The molecule has 0 atom stereocenters. The molecule has 4 fully saturated rings. The topological polar surface area (TPSA) is 92.3 Å². The van der Waals surface area contributed by atoms with Crippen molar-refractivity contribution in [1.82, 2.24) is 10.2 Å². The van der Waals surface area contributed by atoms with E-state index in [1.807, 2.05) is 43.3 Å². The second-order valence-corrected chi connectivity index (χ2v) is 14.2. The molecule has 4 saturated carbocycles. The first kappa shape index (κ1) is 24.6. The van der Waals surface area contributed by atoms with Crippen LogP contribution in [0.1, 0.15) is 49.7 Å². The lowest BCUT2D eigenvalue weighted by atomic mass is 9.48.